The van der Waals surface area contributed by atoms with E-state index in [1.807, 2.05) is 0 Å². The molecule has 1 N–H and O–H groups in total. The number of H-pyrrole nitrogens is 1. The van der Waals surface area contributed by atoms with Gasteiger partial charge in [0.1, 0.15) is 4.47 Å². The van der Waals surface area contributed by atoms with Gasteiger partial charge in [0, 0.05) is 0 Å². The van der Waals surface area contributed by atoms with E-state index in [-0.39, 0.29) is 5.56 Å². The van der Waals surface area contributed by atoms with Gasteiger partial charge in [-0.2, -0.15) is 5.10 Å². The Balaban J connectivity index is 3.28. The van der Waals surface area contributed by atoms with Crippen molar-refractivity contribution in [2.75, 3.05) is 7.11 Å². The lowest BCUT2D eigenvalue weighted by molar-refractivity contribution is 0.408. The second-order valence-electron chi connectivity index (χ2n) is 1.58. The van der Waals surface area contributed by atoms with Gasteiger partial charge in [0.25, 0.3) is 5.56 Å². The molecule has 0 amide bonds. The van der Waals surface area contributed by atoms with Gasteiger partial charge >= 0.3 is 0 Å². The smallest absolute Gasteiger partial charge is 0.282 e. The lowest BCUT2D eigenvalue weighted by atomic mass is 10.5. The predicted molar refractivity (Wildman–Crippen MR) is 39.1 cm³/mol. The fourth-order valence-electron chi connectivity index (χ4n) is 0.509. The molecule has 0 unspecified atom stereocenters. The summed E-state index contributed by atoms with van der Waals surface area (Å²) in [7, 11) is 1.47. The molecule has 0 spiro atoms. The van der Waals surface area contributed by atoms with Crippen molar-refractivity contribution in [3.05, 3.63) is 21.0 Å². The summed E-state index contributed by atoms with van der Waals surface area (Å²) < 4.78 is 5.16. The zero-order valence-electron chi connectivity index (χ0n) is 5.22. The Morgan fingerprint density at radius 3 is 3.00 bits per heavy atom. The Morgan fingerprint density at radius 2 is 2.50 bits per heavy atom. The van der Waals surface area contributed by atoms with Gasteiger partial charge in [0.2, 0.25) is 0 Å². The Bertz CT molecular complexity index is 283. The molecule has 5 heteroatoms. The quantitative estimate of drug-likeness (QED) is 0.727. The zero-order chi connectivity index (χ0) is 7.56. The number of nitrogens with one attached hydrogen (secondary N) is 1. The molecule has 0 fully saturated rings. The highest BCUT2D eigenvalue weighted by Crippen LogP contribution is 2.16. The zero-order valence-corrected chi connectivity index (χ0v) is 6.81. The first-order chi connectivity index (χ1) is 4.75. The van der Waals surface area contributed by atoms with Crippen LogP contribution in [0.3, 0.4) is 0 Å². The molecule has 10 heavy (non-hydrogen) atoms. The van der Waals surface area contributed by atoms with E-state index in [1.165, 1.54) is 13.3 Å². The molecule has 0 aliphatic heterocycles. The number of methoxy groups -OCH3 is 1. The molecule has 0 aliphatic rings. The van der Waals surface area contributed by atoms with Crippen LogP contribution in [0.5, 0.6) is 5.75 Å². The second kappa shape index (κ2) is 2.83. The Hall–Kier alpha value is -0.840. The van der Waals surface area contributed by atoms with Crippen molar-refractivity contribution in [3.8, 4) is 5.75 Å². The summed E-state index contributed by atoms with van der Waals surface area (Å²) in [4.78, 5) is 10.8. The molecule has 54 valence electrons. The van der Waals surface area contributed by atoms with Crippen LogP contribution in [0.25, 0.3) is 0 Å². The molecule has 1 heterocycles. The second-order valence-corrected chi connectivity index (χ2v) is 2.37. The van der Waals surface area contributed by atoms with Crippen LogP contribution < -0.4 is 10.3 Å². The Kier molecular flexibility index (Phi) is 2.06. The summed E-state index contributed by atoms with van der Waals surface area (Å²) in [6.07, 6.45) is 1.42. The number of halogens is 1. The summed E-state index contributed by atoms with van der Waals surface area (Å²) >= 11 is 3.03. The van der Waals surface area contributed by atoms with Crippen molar-refractivity contribution < 1.29 is 4.74 Å². The summed E-state index contributed by atoms with van der Waals surface area (Å²) in [5, 5.41) is 5.77. The average molecular weight is 205 g/mol. The molecular formula is C5H5BrN2O2. The maximum atomic E-state index is 10.8. The van der Waals surface area contributed by atoms with Gasteiger partial charge < -0.3 is 4.74 Å². The SMILES string of the molecule is COc1cn[nH]c(=O)c1Br. The molecule has 4 nitrogen and oxygen atoms in total. The highest BCUT2D eigenvalue weighted by atomic mass is 79.9. The largest absolute Gasteiger partial charge is 0.494 e. The van der Waals surface area contributed by atoms with Crippen molar-refractivity contribution in [2.24, 2.45) is 0 Å². The van der Waals surface area contributed by atoms with E-state index >= 15 is 0 Å². The Morgan fingerprint density at radius 1 is 1.80 bits per heavy atom. The third kappa shape index (κ3) is 1.18. The molecule has 0 atom stereocenters. The standard InChI is InChI=1S/C5H5BrN2O2/c1-10-3-2-7-8-5(9)4(3)6/h2H,1H3,(H,8,9). The summed E-state index contributed by atoms with van der Waals surface area (Å²) in [5.74, 6) is 0.434. The van der Waals surface area contributed by atoms with Gasteiger partial charge in [-0.3, -0.25) is 4.79 Å². The number of ether oxygens (including phenoxy) is 1. The molecular weight excluding hydrogens is 200 g/mol. The fraction of sp³-hybridized carbons (Fsp3) is 0.200. The van der Waals surface area contributed by atoms with Crippen LogP contribution in [0.2, 0.25) is 0 Å². The van der Waals surface area contributed by atoms with Crippen molar-refractivity contribution in [3.63, 3.8) is 0 Å². The van der Waals surface area contributed by atoms with Crippen molar-refractivity contribution in [1.29, 1.82) is 0 Å². The number of hydrogen-bond donors (Lipinski definition) is 1. The van der Waals surface area contributed by atoms with Gasteiger partial charge in [-0.1, -0.05) is 0 Å². The van der Waals surface area contributed by atoms with E-state index in [4.69, 9.17) is 4.74 Å². The topological polar surface area (TPSA) is 55.0 Å². The van der Waals surface area contributed by atoms with Crippen molar-refractivity contribution in [2.45, 2.75) is 0 Å². The number of nitrogens with zero attached hydrogens (tertiary/aromatic N) is 1. The molecule has 0 aromatic carbocycles. The number of aromatic amines is 1. The van der Waals surface area contributed by atoms with Gasteiger partial charge in [0.15, 0.2) is 5.75 Å². The number of aromatic nitrogens is 2. The van der Waals surface area contributed by atoms with Crippen LogP contribution in [0.1, 0.15) is 0 Å². The molecule has 0 bridgehead atoms. The average Bonchev–Trinajstić information content (AvgIpc) is 1.95. The molecule has 1 rings (SSSR count). The fourth-order valence-corrected chi connectivity index (χ4v) is 0.862. The molecule has 0 radical (unpaired) electrons. The van der Waals surface area contributed by atoms with Crippen molar-refractivity contribution >= 4 is 15.9 Å². The van der Waals surface area contributed by atoms with Crippen LogP contribution in [0.4, 0.5) is 0 Å². The first kappa shape index (κ1) is 7.27. The Labute approximate surface area is 65.3 Å². The van der Waals surface area contributed by atoms with Gasteiger partial charge in [0.05, 0.1) is 13.3 Å². The minimum atomic E-state index is -0.292. The third-order valence-corrected chi connectivity index (χ3v) is 1.73. The summed E-state index contributed by atoms with van der Waals surface area (Å²) in [6, 6.07) is 0. The van der Waals surface area contributed by atoms with Crippen LogP contribution in [0, 0.1) is 0 Å². The first-order valence-electron chi connectivity index (χ1n) is 2.53. The molecule has 0 saturated carbocycles. The number of rotatable bonds is 1. The van der Waals surface area contributed by atoms with Gasteiger partial charge in [-0.25, -0.2) is 5.10 Å². The predicted octanol–water partition coefficient (Wildman–Crippen LogP) is 0.541. The van der Waals surface area contributed by atoms with Crippen LogP contribution in [-0.2, 0) is 0 Å². The monoisotopic (exact) mass is 204 g/mol. The van der Waals surface area contributed by atoms with E-state index < -0.39 is 0 Å². The van der Waals surface area contributed by atoms with Crippen LogP contribution in [0.15, 0.2) is 15.5 Å². The molecule has 1 aromatic rings. The maximum Gasteiger partial charge on any atom is 0.282 e. The van der Waals surface area contributed by atoms with E-state index in [0.717, 1.165) is 0 Å². The van der Waals surface area contributed by atoms with E-state index in [2.05, 4.69) is 26.1 Å². The minimum Gasteiger partial charge on any atom is -0.494 e. The number of hydrogen-bond acceptors (Lipinski definition) is 3. The van der Waals surface area contributed by atoms with E-state index in [9.17, 15) is 4.79 Å². The van der Waals surface area contributed by atoms with Crippen molar-refractivity contribution in [1.82, 2.24) is 10.2 Å². The lowest BCUT2D eigenvalue weighted by Gasteiger charge is -1.97. The summed E-state index contributed by atoms with van der Waals surface area (Å²) in [5.41, 5.74) is -0.292. The van der Waals surface area contributed by atoms with E-state index in [0.29, 0.717) is 10.2 Å². The molecule has 0 aliphatic carbocycles. The lowest BCUT2D eigenvalue weighted by Crippen LogP contribution is -2.09. The first-order valence-corrected chi connectivity index (χ1v) is 3.32. The maximum absolute atomic E-state index is 10.8. The van der Waals surface area contributed by atoms with Gasteiger partial charge in [-0.05, 0) is 15.9 Å². The highest BCUT2D eigenvalue weighted by molar-refractivity contribution is 9.10. The molecule has 1 aromatic heterocycles. The highest BCUT2D eigenvalue weighted by Gasteiger charge is 2.01. The molecule has 0 saturated heterocycles. The third-order valence-electron chi connectivity index (χ3n) is 0.983. The van der Waals surface area contributed by atoms with Gasteiger partial charge in [-0.15, -0.1) is 0 Å². The minimum absolute atomic E-state index is 0.292. The van der Waals surface area contributed by atoms with E-state index in [1.54, 1.807) is 0 Å². The normalized spacial score (nSPS) is 9.40. The van der Waals surface area contributed by atoms with Crippen LogP contribution in [-0.4, -0.2) is 17.3 Å². The van der Waals surface area contributed by atoms with Crippen LogP contribution >= 0.6 is 15.9 Å². The summed E-state index contributed by atoms with van der Waals surface area (Å²) in [6.45, 7) is 0.